The number of hydrogen-bond acceptors (Lipinski definition) is 8. The Morgan fingerprint density at radius 3 is 1.70 bits per heavy atom. The molecular formula is C42H49N5O3. The van der Waals surface area contributed by atoms with Crippen molar-refractivity contribution in [1.29, 1.82) is 0 Å². The van der Waals surface area contributed by atoms with Crippen LogP contribution in [0.2, 0.25) is 0 Å². The molecule has 2 saturated heterocycles. The highest BCUT2D eigenvalue weighted by Gasteiger charge is 2.46. The van der Waals surface area contributed by atoms with E-state index in [-0.39, 0.29) is 6.04 Å². The number of pyridine rings is 3. The molecule has 8 nitrogen and oxygen atoms in total. The number of ether oxygens (including phenoxy) is 2. The van der Waals surface area contributed by atoms with Gasteiger partial charge in [0.25, 0.3) is 0 Å². The van der Waals surface area contributed by atoms with Gasteiger partial charge in [0.2, 0.25) is 0 Å². The van der Waals surface area contributed by atoms with Crippen molar-refractivity contribution in [2.24, 2.45) is 5.92 Å². The third-order valence-corrected chi connectivity index (χ3v) is 9.77. The zero-order valence-corrected chi connectivity index (χ0v) is 29.2. The minimum atomic E-state index is -1.34. The van der Waals surface area contributed by atoms with Gasteiger partial charge in [-0.25, -0.2) is 0 Å². The molecule has 4 unspecified atom stereocenters. The highest BCUT2D eigenvalue weighted by Crippen LogP contribution is 2.44. The van der Waals surface area contributed by atoms with Crippen LogP contribution in [0.3, 0.4) is 0 Å². The zero-order valence-electron chi connectivity index (χ0n) is 29.2. The Labute approximate surface area is 296 Å². The van der Waals surface area contributed by atoms with Gasteiger partial charge in [0.05, 0.1) is 38.2 Å². The van der Waals surface area contributed by atoms with Crippen molar-refractivity contribution in [3.8, 4) is 0 Å². The summed E-state index contributed by atoms with van der Waals surface area (Å²) in [5.41, 5.74) is 3.70. The van der Waals surface area contributed by atoms with E-state index in [9.17, 15) is 5.11 Å². The first-order valence-corrected chi connectivity index (χ1v) is 17.7. The molecular weight excluding hydrogens is 622 g/mol. The van der Waals surface area contributed by atoms with Crippen LogP contribution in [0.15, 0.2) is 134 Å². The summed E-state index contributed by atoms with van der Waals surface area (Å²) in [6.45, 7) is 11.1. The molecule has 50 heavy (non-hydrogen) atoms. The van der Waals surface area contributed by atoms with Gasteiger partial charge in [-0.3, -0.25) is 24.8 Å². The van der Waals surface area contributed by atoms with Crippen molar-refractivity contribution in [2.75, 3.05) is 52.6 Å². The molecule has 8 heteroatoms. The van der Waals surface area contributed by atoms with Crippen LogP contribution in [0.5, 0.6) is 0 Å². The lowest BCUT2D eigenvalue weighted by atomic mass is 9.79. The van der Waals surface area contributed by atoms with E-state index in [1.807, 2.05) is 67.0 Å². The molecule has 2 fully saturated rings. The quantitative estimate of drug-likeness (QED) is 0.184. The van der Waals surface area contributed by atoms with Gasteiger partial charge < -0.3 is 14.6 Å². The second-order valence-electron chi connectivity index (χ2n) is 13.2. The first-order chi connectivity index (χ1) is 24.6. The molecule has 0 spiro atoms. The summed E-state index contributed by atoms with van der Waals surface area (Å²) in [4.78, 5) is 18.0. The third kappa shape index (κ3) is 8.34. The topological polar surface area (TPSA) is 83.8 Å². The largest absolute Gasteiger partial charge is 0.379 e. The van der Waals surface area contributed by atoms with Gasteiger partial charge in [0, 0.05) is 74.7 Å². The Balaban J connectivity index is 0.000000175. The predicted molar refractivity (Wildman–Crippen MR) is 197 cm³/mol. The van der Waals surface area contributed by atoms with Crippen LogP contribution in [0.25, 0.3) is 0 Å². The molecule has 0 bridgehead atoms. The molecule has 5 aromatic rings. The van der Waals surface area contributed by atoms with Crippen molar-refractivity contribution >= 4 is 0 Å². The fraction of sp³-hybridized carbons (Fsp3) is 0.357. The molecule has 0 radical (unpaired) electrons. The number of benzene rings is 2. The molecule has 0 aliphatic carbocycles. The van der Waals surface area contributed by atoms with Crippen LogP contribution in [0.1, 0.15) is 53.8 Å². The predicted octanol–water partition coefficient (Wildman–Crippen LogP) is 6.36. The minimum absolute atomic E-state index is 0.304. The van der Waals surface area contributed by atoms with E-state index in [0.29, 0.717) is 36.8 Å². The molecule has 2 aliphatic rings. The van der Waals surface area contributed by atoms with E-state index in [2.05, 4.69) is 87.1 Å². The minimum Gasteiger partial charge on any atom is -0.379 e. The highest BCUT2D eigenvalue weighted by molar-refractivity contribution is 5.38. The molecule has 1 N–H and O–H groups in total. The van der Waals surface area contributed by atoms with Crippen molar-refractivity contribution < 1.29 is 14.6 Å². The third-order valence-electron chi connectivity index (χ3n) is 9.77. The standard InChI is InChI=1S/C22H23N3O2.C20H26N2O/c26-22(19-9-6-11-23-17-19,20-10-4-5-12-24-20)21(18-7-2-1-3-8-18)25-13-15-27-16-14-25;1-16(2)20(22-11-13-23-14-12-22)19(17-7-4-3-5-8-17)18-9-6-10-21-15-18/h1-12,17,21,26H,13-16H2;3-10,15-16,19-20H,11-14H2,1-2H3. The summed E-state index contributed by atoms with van der Waals surface area (Å²) in [6.07, 6.45) is 9.04. The normalized spacial score (nSPS) is 18.6. The van der Waals surface area contributed by atoms with Gasteiger partial charge in [-0.15, -0.1) is 0 Å². The SMILES string of the molecule is CC(C)C(C(c1ccccc1)c1cccnc1)N1CCOCC1.OC(c1cccnc1)(c1ccccn1)C(c1ccccc1)N1CCOCC1. The fourth-order valence-electron chi connectivity index (χ4n) is 7.51. The molecule has 2 aromatic carbocycles. The van der Waals surface area contributed by atoms with Crippen LogP contribution in [0.4, 0.5) is 0 Å². The monoisotopic (exact) mass is 671 g/mol. The lowest BCUT2D eigenvalue weighted by Gasteiger charge is -2.44. The second kappa shape index (κ2) is 17.6. The number of aliphatic hydroxyl groups is 1. The lowest BCUT2D eigenvalue weighted by Crippen LogP contribution is -2.49. The smallest absolute Gasteiger partial charge is 0.152 e. The Morgan fingerprint density at radius 2 is 1.16 bits per heavy atom. The van der Waals surface area contributed by atoms with Crippen molar-refractivity contribution in [2.45, 2.75) is 37.5 Å². The molecule has 3 aromatic heterocycles. The van der Waals surface area contributed by atoms with Crippen LogP contribution in [0, 0.1) is 5.92 Å². The number of hydrogen-bond donors (Lipinski definition) is 1. The number of aromatic nitrogens is 3. The maximum Gasteiger partial charge on any atom is 0.152 e. The maximum absolute atomic E-state index is 12.2. The summed E-state index contributed by atoms with van der Waals surface area (Å²) in [5.74, 6) is 0.890. The van der Waals surface area contributed by atoms with E-state index >= 15 is 0 Å². The molecule has 2 aliphatic heterocycles. The zero-order chi connectivity index (χ0) is 34.6. The fourth-order valence-corrected chi connectivity index (χ4v) is 7.51. The first-order valence-electron chi connectivity index (χ1n) is 17.7. The summed E-state index contributed by atoms with van der Waals surface area (Å²) in [5, 5.41) is 12.2. The molecule has 4 atom stereocenters. The van der Waals surface area contributed by atoms with E-state index in [1.165, 1.54) is 11.1 Å². The van der Waals surface area contributed by atoms with Crippen LogP contribution >= 0.6 is 0 Å². The molecule has 5 heterocycles. The molecule has 0 saturated carbocycles. The Bertz CT molecular complexity index is 1590. The van der Waals surface area contributed by atoms with Crippen molar-refractivity contribution in [3.05, 3.63) is 162 Å². The Morgan fingerprint density at radius 1 is 0.600 bits per heavy atom. The average molecular weight is 672 g/mol. The van der Waals surface area contributed by atoms with E-state index in [0.717, 1.165) is 50.5 Å². The van der Waals surface area contributed by atoms with E-state index < -0.39 is 5.60 Å². The van der Waals surface area contributed by atoms with Gasteiger partial charge in [0.15, 0.2) is 5.60 Å². The number of nitrogens with zero attached hydrogens (tertiary/aromatic N) is 5. The maximum atomic E-state index is 12.2. The van der Waals surface area contributed by atoms with Crippen molar-refractivity contribution in [3.63, 3.8) is 0 Å². The van der Waals surface area contributed by atoms with Crippen LogP contribution in [-0.2, 0) is 15.1 Å². The first kappa shape index (κ1) is 35.5. The Hall–Kier alpha value is -4.31. The summed E-state index contributed by atoms with van der Waals surface area (Å²) in [7, 11) is 0. The van der Waals surface area contributed by atoms with Gasteiger partial charge in [-0.05, 0) is 46.9 Å². The van der Waals surface area contributed by atoms with Gasteiger partial charge >= 0.3 is 0 Å². The highest BCUT2D eigenvalue weighted by atomic mass is 16.5. The summed E-state index contributed by atoms with van der Waals surface area (Å²) < 4.78 is 11.1. The Kier molecular flexibility index (Phi) is 12.5. The van der Waals surface area contributed by atoms with Gasteiger partial charge in [0.1, 0.15) is 0 Å². The molecule has 0 amide bonds. The van der Waals surface area contributed by atoms with Gasteiger partial charge in [-0.1, -0.05) is 92.7 Å². The number of morpholine rings is 2. The molecule has 7 rings (SSSR count). The van der Waals surface area contributed by atoms with Crippen LogP contribution in [-0.4, -0.2) is 88.5 Å². The van der Waals surface area contributed by atoms with Gasteiger partial charge in [-0.2, -0.15) is 0 Å². The average Bonchev–Trinajstić information content (AvgIpc) is 3.19. The lowest BCUT2D eigenvalue weighted by molar-refractivity contribution is -0.0639. The van der Waals surface area contributed by atoms with Crippen molar-refractivity contribution in [1.82, 2.24) is 24.8 Å². The molecule has 260 valence electrons. The van der Waals surface area contributed by atoms with Crippen LogP contribution < -0.4 is 0 Å². The summed E-state index contributed by atoms with van der Waals surface area (Å²) >= 11 is 0. The van der Waals surface area contributed by atoms with E-state index in [1.54, 1.807) is 18.6 Å². The second-order valence-corrected chi connectivity index (χ2v) is 13.2. The number of rotatable bonds is 10. The van der Waals surface area contributed by atoms with E-state index in [4.69, 9.17) is 9.47 Å². The summed E-state index contributed by atoms with van der Waals surface area (Å²) in [6, 6.07) is 34.8.